The van der Waals surface area contributed by atoms with Gasteiger partial charge in [0.2, 0.25) is 0 Å². The number of rotatable bonds is 9. The number of hydrogen-bond donors (Lipinski definition) is 1. The molecule has 608 valence electrons. The molecule has 9 fully saturated rings. The second-order valence-electron chi connectivity index (χ2n) is 33.4. The first-order valence-electron chi connectivity index (χ1n) is 43.5. The molecule has 1 N–H and O–H groups in total. The van der Waals surface area contributed by atoms with E-state index in [1.807, 2.05) is 105 Å². The maximum Gasteiger partial charge on any atom is 0.410 e. The van der Waals surface area contributed by atoms with Gasteiger partial charge in [-0.1, -0.05) is 273 Å². The Kier molecular flexibility index (Phi) is 25.5. The maximum atomic E-state index is 13.2. The van der Waals surface area contributed by atoms with E-state index >= 15 is 0 Å². The van der Waals surface area contributed by atoms with Gasteiger partial charge in [-0.25, -0.2) is 19.2 Å². The molecule has 10 aromatic carbocycles. The van der Waals surface area contributed by atoms with Crippen molar-refractivity contribution in [1.29, 1.82) is 0 Å². The van der Waals surface area contributed by atoms with Crippen molar-refractivity contribution in [3.05, 3.63) is 356 Å². The molecule has 14 heterocycles. The minimum Gasteiger partial charge on any atom is -0.450 e. The van der Waals surface area contributed by atoms with Crippen LogP contribution in [0.5, 0.6) is 0 Å². The van der Waals surface area contributed by atoms with Gasteiger partial charge in [0.15, 0.2) is 0 Å². The average Bonchev–Trinajstić information content (AvgIpc) is 0.427. The number of carbonyl (C=O) groups excluding carboxylic acids is 4. The van der Waals surface area contributed by atoms with E-state index in [9.17, 15) is 19.2 Å². The molecule has 4 amide bonds. The van der Waals surface area contributed by atoms with Crippen LogP contribution >= 0.6 is 0 Å². The number of fused-ring (bicyclic) bond motifs is 14. The zero-order valence-electron chi connectivity index (χ0n) is 68.1. The second kappa shape index (κ2) is 37.8. The summed E-state index contributed by atoms with van der Waals surface area (Å²) in [4.78, 5) is 66.9. The van der Waals surface area contributed by atoms with Crippen LogP contribution in [0.2, 0.25) is 0 Å². The molecule has 16 nitrogen and oxygen atoms in total. The summed E-state index contributed by atoms with van der Waals surface area (Å²) in [6, 6.07) is 94.5. The molecule has 0 unspecified atom stereocenters. The highest BCUT2D eigenvalue weighted by atomic mass is 16.6. The van der Waals surface area contributed by atoms with Crippen molar-refractivity contribution in [2.75, 3.05) is 98.2 Å². The predicted octanol–water partition coefficient (Wildman–Crippen LogP) is 18.3. The fourth-order valence-electron chi connectivity index (χ4n) is 20.4. The Morgan fingerprint density at radius 3 is 0.805 bits per heavy atom. The van der Waals surface area contributed by atoms with Gasteiger partial charge >= 0.3 is 24.4 Å². The molecule has 9 saturated heterocycles. The number of nitrogens with zero attached hydrogens (tertiary/aromatic N) is 7. The summed E-state index contributed by atoms with van der Waals surface area (Å²) in [6.45, 7) is 15.7. The summed E-state index contributed by atoms with van der Waals surface area (Å²) in [5.74, 6) is 1.60. The van der Waals surface area contributed by atoms with Crippen LogP contribution in [-0.2, 0) is 51.1 Å². The van der Waals surface area contributed by atoms with Gasteiger partial charge in [0.25, 0.3) is 0 Å². The van der Waals surface area contributed by atoms with Crippen LogP contribution < -0.4 is 5.32 Å². The third-order valence-corrected chi connectivity index (χ3v) is 26.6. The lowest BCUT2D eigenvalue weighted by Gasteiger charge is -2.45. The molecular formula is C102H112N8O8. The van der Waals surface area contributed by atoms with Gasteiger partial charge in [-0.2, -0.15) is 0 Å². The molecule has 0 spiro atoms. The zero-order valence-corrected chi connectivity index (χ0v) is 68.1. The van der Waals surface area contributed by atoms with Crippen molar-refractivity contribution in [2.45, 2.75) is 126 Å². The van der Waals surface area contributed by atoms with Crippen LogP contribution in [-0.4, -0.2) is 175 Å². The number of nitrogens with one attached hydrogen (secondary N) is 1. The summed E-state index contributed by atoms with van der Waals surface area (Å²) in [5.41, 5.74) is 19.0. The quantitative estimate of drug-likeness (QED) is 0.138. The lowest BCUT2D eigenvalue weighted by atomic mass is 9.86. The number of hydrogen-bond acceptors (Lipinski definition) is 12. The van der Waals surface area contributed by atoms with Crippen molar-refractivity contribution in [1.82, 2.24) is 39.6 Å². The first-order chi connectivity index (χ1) is 58.1. The molecule has 10 aromatic rings. The van der Waals surface area contributed by atoms with E-state index in [2.05, 4.69) is 214 Å². The Balaban J connectivity index is 0.000000107. The molecule has 6 bridgehead atoms. The van der Waals surface area contributed by atoms with Crippen LogP contribution in [0.3, 0.4) is 0 Å². The van der Waals surface area contributed by atoms with Crippen LogP contribution in [0.15, 0.2) is 273 Å². The van der Waals surface area contributed by atoms with Crippen LogP contribution in [0.25, 0.3) is 0 Å². The molecule has 0 aromatic heterocycles. The minimum atomic E-state index is -0.235. The molecule has 0 aliphatic carbocycles. The molecule has 14 aliphatic rings. The summed E-state index contributed by atoms with van der Waals surface area (Å²) in [7, 11) is 0. The first-order valence-corrected chi connectivity index (χ1v) is 43.5. The van der Waals surface area contributed by atoms with Crippen molar-refractivity contribution < 1.29 is 38.1 Å². The van der Waals surface area contributed by atoms with Gasteiger partial charge < -0.3 is 24.3 Å². The predicted molar refractivity (Wildman–Crippen MR) is 462 cm³/mol. The Morgan fingerprint density at radius 2 is 0.534 bits per heavy atom. The molecule has 118 heavy (non-hydrogen) atoms. The molecule has 24 rings (SSSR count). The van der Waals surface area contributed by atoms with Crippen molar-refractivity contribution in [3.63, 3.8) is 0 Å². The van der Waals surface area contributed by atoms with Gasteiger partial charge in [0, 0.05) is 52.4 Å². The molecule has 8 atom stereocenters. The monoisotopic (exact) mass is 1580 g/mol. The molecule has 16 heteroatoms. The summed E-state index contributed by atoms with van der Waals surface area (Å²) in [6.07, 6.45) is 11.0. The molecule has 0 radical (unpaired) electrons. The van der Waals surface area contributed by atoms with Gasteiger partial charge in [-0.05, 0) is 218 Å². The zero-order chi connectivity index (χ0) is 80.1. The second-order valence-corrected chi connectivity index (χ2v) is 33.4. The molecule has 0 saturated carbocycles. The SMILES string of the molecule is CCOC(=O)N1CCc2ccccc2[C@@H]1c1ccccc1.O=C(O[C@@H]1CN2CCC1CC2)N1CCc2ccccc2[C@@H]1c1ccccc1.O=C(O[C@@H]1CN2CCC1CC2)N1CCc2ccccc2[C@H]1c1ccccc1.O=C(O[C@H]1CN2CCC1CC2)N1CCc2ccccc2[C@H]1c1ccccc1.c1ccc([C@@H]2NCCc3ccccc32)cc1. The highest BCUT2D eigenvalue weighted by Gasteiger charge is 2.44. The maximum absolute atomic E-state index is 13.2. The largest absolute Gasteiger partial charge is 0.450 e. The highest BCUT2D eigenvalue weighted by molar-refractivity contribution is 5.73. The fraction of sp³-hybridized carbons (Fsp3) is 0.373. The summed E-state index contributed by atoms with van der Waals surface area (Å²) in [5, 5.41) is 3.59. The smallest absolute Gasteiger partial charge is 0.410 e. The van der Waals surface area contributed by atoms with Crippen molar-refractivity contribution >= 4 is 24.4 Å². The standard InChI is InChI=1S/3C23H26N2O2.C18H19NO2.C15H15N/c3*26-23(27-21-16-24-13-10-18(21)11-14-24)25-15-12-17-6-4-5-9-20(17)22(25)19-7-2-1-3-8-19;1-2-21-18(20)19-13-12-14-8-6-7-11-16(14)17(19)15-9-4-3-5-10-15;1-2-7-13(8-3-1)15-14-9-5-4-6-12(14)10-11-16-15/h3*1-9,18,21-22H,10-16H2;3-11,17H,2,12-13H2,1H3;1-9,15-16H,10-11H2/t2*21-,22+;21-,22-;17-;15-/m10100/s1. The minimum absolute atomic E-state index is 0.0496. The number of piperidine rings is 9. The van der Waals surface area contributed by atoms with Gasteiger partial charge in [-0.3, -0.25) is 34.3 Å². The molecule has 14 aliphatic heterocycles. The van der Waals surface area contributed by atoms with E-state index in [0.29, 0.717) is 56.6 Å². The van der Waals surface area contributed by atoms with Crippen LogP contribution in [0, 0.1) is 17.8 Å². The van der Waals surface area contributed by atoms with Gasteiger partial charge in [-0.15, -0.1) is 0 Å². The summed E-state index contributed by atoms with van der Waals surface area (Å²) >= 11 is 0. The van der Waals surface area contributed by atoms with Crippen molar-refractivity contribution in [2.24, 2.45) is 17.8 Å². The van der Waals surface area contributed by atoms with Gasteiger partial charge in [0.05, 0.1) is 36.8 Å². The number of ether oxygens (including phenoxy) is 4. The number of carbonyl (C=O) groups is 4. The Morgan fingerprint density at radius 1 is 0.288 bits per heavy atom. The summed E-state index contributed by atoms with van der Waals surface area (Å²) < 4.78 is 23.5. The number of amides is 4. The third-order valence-electron chi connectivity index (χ3n) is 26.6. The Labute approximate surface area is 696 Å². The molecular weight excluding hydrogens is 1470 g/mol. The Hall–Kier alpha value is -10.9. The van der Waals surface area contributed by atoms with Gasteiger partial charge in [0.1, 0.15) is 18.3 Å². The van der Waals surface area contributed by atoms with Crippen LogP contribution in [0.4, 0.5) is 19.2 Å². The lowest BCUT2D eigenvalue weighted by Crippen LogP contribution is -2.53. The van der Waals surface area contributed by atoms with Crippen molar-refractivity contribution in [3.8, 4) is 0 Å². The van der Waals surface area contributed by atoms with Crippen LogP contribution in [0.1, 0.15) is 159 Å². The number of benzene rings is 10. The lowest BCUT2D eigenvalue weighted by molar-refractivity contribution is -0.0465. The van der Waals surface area contributed by atoms with E-state index < -0.39 is 0 Å². The van der Waals surface area contributed by atoms with E-state index in [-0.39, 0.29) is 66.9 Å². The van der Waals surface area contributed by atoms with E-state index in [1.165, 1.54) is 61.2 Å². The highest BCUT2D eigenvalue weighted by Crippen LogP contribution is 2.43. The fourth-order valence-corrected chi connectivity index (χ4v) is 20.4. The average molecular weight is 1580 g/mol. The van der Waals surface area contributed by atoms with E-state index in [4.69, 9.17) is 18.9 Å². The Bertz CT molecular complexity index is 4650. The van der Waals surface area contributed by atoms with E-state index in [1.54, 1.807) is 0 Å². The first kappa shape index (κ1) is 79.6. The van der Waals surface area contributed by atoms with E-state index in [0.717, 1.165) is 158 Å². The topological polar surface area (TPSA) is 140 Å². The third kappa shape index (κ3) is 18.1. The normalized spacial score (nSPS) is 25.7.